The molecule has 0 aliphatic heterocycles. The quantitative estimate of drug-likeness (QED) is 0.673. The molecule has 0 saturated carbocycles. The van der Waals surface area contributed by atoms with Gasteiger partial charge >= 0.3 is 0 Å². The lowest BCUT2D eigenvalue weighted by atomic mass is 9.89. The lowest BCUT2D eigenvalue weighted by Gasteiger charge is -2.22. The van der Waals surface area contributed by atoms with Crippen LogP contribution in [0, 0.1) is 23.3 Å². The van der Waals surface area contributed by atoms with Crippen molar-refractivity contribution in [1.29, 1.82) is 0 Å². The summed E-state index contributed by atoms with van der Waals surface area (Å²) in [5, 5.41) is 10.2. The molecule has 0 spiro atoms. The molecule has 112 valence electrons. The molecule has 2 atom stereocenters. The van der Waals surface area contributed by atoms with Gasteiger partial charge in [-0.05, 0) is 35.4 Å². The molecule has 0 bridgehead atoms. The van der Waals surface area contributed by atoms with Gasteiger partial charge in [-0.2, -0.15) is 0 Å². The van der Waals surface area contributed by atoms with E-state index in [-0.39, 0.29) is 12.1 Å². The molecule has 0 amide bonds. The van der Waals surface area contributed by atoms with Gasteiger partial charge in [0.15, 0.2) is 17.5 Å². The van der Waals surface area contributed by atoms with Gasteiger partial charge < -0.3 is 10.8 Å². The van der Waals surface area contributed by atoms with Gasteiger partial charge in [-0.1, -0.05) is 12.1 Å². The third-order valence-electron chi connectivity index (χ3n) is 3.28. The van der Waals surface area contributed by atoms with Crippen LogP contribution in [-0.2, 0) is 0 Å². The maximum Gasteiger partial charge on any atom is 0.194 e. The maximum absolute atomic E-state index is 13.2. The van der Waals surface area contributed by atoms with E-state index in [0.717, 1.165) is 12.1 Å². The third kappa shape index (κ3) is 3.22. The molecule has 0 aliphatic rings. The highest BCUT2D eigenvalue weighted by Crippen LogP contribution is 2.31. The monoisotopic (exact) mass is 299 g/mol. The summed E-state index contributed by atoms with van der Waals surface area (Å²) in [5.74, 6) is -5.53. The first kappa shape index (κ1) is 15.5. The molecule has 0 aliphatic carbocycles. The Bertz CT molecular complexity index is 607. The summed E-state index contributed by atoms with van der Waals surface area (Å²) < 4.78 is 52.3. The van der Waals surface area contributed by atoms with Crippen LogP contribution in [0.1, 0.15) is 23.1 Å². The molecule has 3 N–H and O–H groups in total. The van der Waals surface area contributed by atoms with Crippen LogP contribution in [-0.4, -0.2) is 11.7 Å². The summed E-state index contributed by atoms with van der Waals surface area (Å²) in [6.45, 7) is -0.0343. The molecule has 0 fully saturated rings. The van der Waals surface area contributed by atoms with Crippen molar-refractivity contribution in [2.75, 3.05) is 6.54 Å². The van der Waals surface area contributed by atoms with E-state index in [1.807, 2.05) is 0 Å². The Morgan fingerprint density at radius 2 is 1.43 bits per heavy atom. The minimum absolute atomic E-state index is 0.0343. The van der Waals surface area contributed by atoms with E-state index < -0.39 is 35.3 Å². The Kier molecular flexibility index (Phi) is 4.59. The lowest BCUT2D eigenvalue weighted by Crippen LogP contribution is -2.20. The van der Waals surface area contributed by atoms with Crippen LogP contribution in [0.2, 0.25) is 0 Å². The van der Waals surface area contributed by atoms with Crippen LogP contribution < -0.4 is 5.73 Å². The van der Waals surface area contributed by atoms with Crippen molar-refractivity contribution in [3.63, 3.8) is 0 Å². The van der Waals surface area contributed by atoms with E-state index in [2.05, 4.69) is 0 Å². The van der Waals surface area contributed by atoms with Crippen molar-refractivity contribution in [1.82, 2.24) is 0 Å². The maximum atomic E-state index is 13.2. The highest BCUT2D eigenvalue weighted by Gasteiger charge is 2.24. The number of hydrogen-bond donors (Lipinski definition) is 2. The van der Waals surface area contributed by atoms with Crippen LogP contribution in [0.15, 0.2) is 36.4 Å². The molecule has 21 heavy (non-hydrogen) atoms. The first-order valence-corrected chi connectivity index (χ1v) is 6.22. The van der Waals surface area contributed by atoms with Crippen molar-refractivity contribution in [3.8, 4) is 0 Å². The Hall–Kier alpha value is -1.92. The molecule has 0 radical (unpaired) electrons. The minimum Gasteiger partial charge on any atom is -0.388 e. The van der Waals surface area contributed by atoms with Gasteiger partial charge in [-0.25, -0.2) is 17.6 Å². The number of benzene rings is 2. The van der Waals surface area contributed by atoms with Gasteiger partial charge in [-0.3, -0.25) is 0 Å². The molecule has 6 heteroatoms. The van der Waals surface area contributed by atoms with E-state index >= 15 is 0 Å². The standard InChI is InChI=1S/C15H13F4NO/c16-10-3-1-8(2-4-10)11(7-20)15(21)9-5-12(17)14(19)13(18)6-9/h1-6,11,15,21H,7,20H2. The molecule has 2 nitrogen and oxygen atoms in total. The number of rotatable bonds is 4. The third-order valence-corrected chi connectivity index (χ3v) is 3.28. The predicted molar refractivity (Wildman–Crippen MR) is 69.5 cm³/mol. The molecular formula is C15H13F4NO. The summed E-state index contributed by atoms with van der Waals surface area (Å²) >= 11 is 0. The highest BCUT2D eigenvalue weighted by atomic mass is 19.2. The Balaban J connectivity index is 2.36. The first-order chi connectivity index (χ1) is 9.93. The van der Waals surface area contributed by atoms with Crippen LogP contribution in [0.25, 0.3) is 0 Å². The second-order valence-corrected chi connectivity index (χ2v) is 4.64. The van der Waals surface area contributed by atoms with Gasteiger partial charge in [0, 0.05) is 12.5 Å². The summed E-state index contributed by atoms with van der Waals surface area (Å²) in [5.41, 5.74) is 5.95. The molecule has 0 aromatic heterocycles. The van der Waals surface area contributed by atoms with Gasteiger partial charge in [-0.15, -0.1) is 0 Å². The fraction of sp³-hybridized carbons (Fsp3) is 0.200. The summed E-state index contributed by atoms with van der Waals surface area (Å²) in [4.78, 5) is 0. The van der Waals surface area contributed by atoms with E-state index in [1.165, 1.54) is 24.3 Å². The topological polar surface area (TPSA) is 46.2 Å². The Morgan fingerprint density at radius 3 is 1.90 bits per heavy atom. The average Bonchev–Trinajstić information content (AvgIpc) is 2.46. The molecule has 2 aromatic carbocycles. The summed E-state index contributed by atoms with van der Waals surface area (Å²) in [6, 6.07) is 6.66. The predicted octanol–water partition coefficient (Wildman–Crippen LogP) is 3.02. The molecule has 0 saturated heterocycles. The van der Waals surface area contributed by atoms with E-state index in [0.29, 0.717) is 5.56 Å². The number of halogens is 4. The van der Waals surface area contributed by atoms with Crippen molar-refractivity contribution in [3.05, 3.63) is 70.8 Å². The summed E-state index contributed by atoms with van der Waals surface area (Å²) in [6.07, 6.45) is -1.34. The second-order valence-electron chi connectivity index (χ2n) is 4.64. The molecule has 0 heterocycles. The Labute approximate surface area is 118 Å². The van der Waals surface area contributed by atoms with Crippen molar-refractivity contribution in [2.24, 2.45) is 5.73 Å². The van der Waals surface area contributed by atoms with Gasteiger partial charge in [0.1, 0.15) is 5.82 Å². The van der Waals surface area contributed by atoms with Gasteiger partial charge in [0.25, 0.3) is 0 Å². The highest BCUT2D eigenvalue weighted by molar-refractivity contribution is 5.28. The zero-order valence-electron chi connectivity index (χ0n) is 10.9. The first-order valence-electron chi connectivity index (χ1n) is 6.22. The number of nitrogens with two attached hydrogens (primary N) is 1. The van der Waals surface area contributed by atoms with Crippen LogP contribution >= 0.6 is 0 Å². The van der Waals surface area contributed by atoms with Crippen LogP contribution in [0.5, 0.6) is 0 Å². The number of aliphatic hydroxyl groups excluding tert-OH is 1. The second kappa shape index (κ2) is 6.24. The van der Waals surface area contributed by atoms with Gasteiger partial charge in [0.05, 0.1) is 6.10 Å². The largest absolute Gasteiger partial charge is 0.388 e. The molecule has 2 aromatic rings. The molecule has 2 rings (SSSR count). The van der Waals surface area contributed by atoms with Crippen molar-refractivity contribution >= 4 is 0 Å². The smallest absolute Gasteiger partial charge is 0.194 e. The lowest BCUT2D eigenvalue weighted by molar-refractivity contribution is 0.146. The SMILES string of the molecule is NCC(c1ccc(F)cc1)C(O)c1cc(F)c(F)c(F)c1. The molecule has 2 unspecified atom stereocenters. The molecular weight excluding hydrogens is 286 g/mol. The zero-order chi connectivity index (χ0) is 15.6. The fourth-order valence-corrected chi connectivity index (χ4v) is 2.14. The minimum atomic E-state index is -1.60. The van der Waals surface area contributed by atoms with E-state index in [1.54, 1.807) is 0 Å². The van der Waals surface area contributed by atoms with Crippen LogP contribution in [0.4, 0.5) is 17.6 Å². The fourth-order valence-electron chi connectivity index (χ4n) is 2.14. The Morgan fingerprint density at radius 1 is 0.905 bits per heavy atom. The van der Waals surface area contributed by atoms with Crippen molar-refractivity contribution < 1.29 is 22.7 Å². The van der Waals surface area contributed by atoms with Gasteiger partial charge in [0.2, 0.25) is 0 Å². The zero-order valence-corrected chi connectivity index (χ0v) is 10.9. The van der Waals surface area contributed by atoms with E-state index in [9.17, 15) is 22.7 Å². The normalized spacial score (nSPS) is 14.0. The van der Waals surface area contributed by atoms with E-state index in [4.69, 9.17) is 5.73 Å². The summed E-state index contributed by atoms with van der Waals surface area (Å²) in [7, 11) is 0. The van der Waals surface area contributed by atoms with Crippen molar-refractivity contribution in [2.45, 2.75) is 12.0 Å². The van der Waals surface area contributed by atoms with Crippen LogP contribution in [0.3, 0.4) is 0 Å². The average molecular weight is 299 g/mol. The number of aliphatic hydroxyl groups is 1. The number of hydrogen-bond acceptors (Lipinski definition) is 2.